The standard InChI is InChI=1S/C52H86N4O10/c1-6-9-30-12-15-33-39(16-13-30)66-47-42(33)36(59)11-7-20-52(47,65)49(4,63)40-19-22-51(64)44-43(32(28-54-5)25-48(40,51)3)50(21-18-31-14-17-41(53)56-35(31)10-8-23-57)26-38(61)37(60)24-34(50)46(62)45(44)55-27-29(2)58/h14,17,29-30,32-34,36-43,47,54-61,63-65H,6-13,15-16,18-28,53H2,1-5H3. The van der Waals surface area contributed by atoms with E-state index in [1.54, 1.807) is 13.8 Å². The number of allylic oxidation sites excluding steroid dienone is 4. The Kier molecular flexibility index (Phi) is 14.8. The van der Waals surface area contributed by atoms with Gasteiger partial charge in [0.05, 0.1) is 59.7 Å². The molecule has 0 radical (unpaired) electrons. The number of aliphatic hydroxyl groups excluding tert-OH is 5. The predicted octanol–water partition coefficient (Wildman–Crippen LogP) is 3.18. The van der Waals surface area contributed by atoms with Crippen LogP contribution in [-0.4, -0.2) is 133 Å². The van der Waals surface area contributed by atoms with Gasteiger partial charge in [0.2, 0.25) is 0 Å². The third-order valence-corrected chi connectivity index (χ3v) is 19.4. The van der Waals surface area contributed by atoms with Crippen LogP contribution in [0.25, 0.3) is 0 Å². The van der Waals surface area contributed by atoms with Crippen molar-refractivity contribution in [1.29, 1.82) is 0 Å². The number of dihydropyridines is 1. The fraction of sp³-hybridized carbons (Fsp3) is 0.865. The Balaban J connectivity index is 1.23. The van der Waals surface area contributed by atoms with Gasteiger partial charge in [-0.15, -0.1) is 0 Å². The van der Waals surface area contributed by atoms with Gasteiger partial charge < -0.3 is 67.3 Å². The smallest absolute Gasteiger partial charge is 0.182 e. The summed E-state index contributed by atoms with van der Waals surface area (Å²) in [7, 11) is 1.89. The summed E-state index contributed by atoms with van der Waals surface area (Å²) < 4.78 is 7.01. The fourth-order valence-electron chi connectivity index (χ4n) is 16.4. The van der Waals surface area contributed by atoms with Crippen LogP contribution in [0.5, 0.6) is 0 Å². The van der Waals surface area contributed by atoms with Crippen molar-refractivity contribution in [1.82, 2.24) is 16.0 Å². The van der Waals surface area contributed by atoms with E-state index >= 15 is 4.79 Å². The van der Waals surface area contributed by atoms with Crippen LogP contribution >= 0.6 is 0 Å². The van der Waals surface area contributed by atoms with E-state index in [0.717, 1.165) is 43.4 Å². The van der Waals surface area contributed by atoms with Crippen molar-refractivity contribution in [3.05, 3.63) is 34.7 Å². The Morgan fingerprint density at radius 2 is 1.79 bits per heavy atom. The highest BCUT2D eigenvalue weighted by molar-refractivity contribution is 6.00. The largest absolute Gasteiger partial charge is 0.396 e. The molecule has 2 aliphatic heterocycles. The quantitative estimate of drug-likeness (QED) is 0.113. The van der Waals surface area contributed by atoms with Crippen molar-refractivity contribution in [2.24, 2.45) is 58.0 Å². The molecule has 1 saturated heterocycles. The van der Waals surface area contributed by atoms with Crippen LogP contribution in [0.2, 0.25) is 0 Å². The molecule has 8 rings (SSSR count). The Hall–Kier alpha value is -1.95. The van der Waals surface area contributed by atoms with Crippen LogP contribution in [-0.2, 0) is 9.53 Å². The van der Waals surface area contributed by atoms with Gasteiger partial charge in [-0.1, -0.05) is 39.2 Å². The Bertz CT molecular complexity index is 1860. The Morgan fingerprint density at radius 1 is 1.03 bits per heavy atom. The molecule has 0 amide bonds. The summed E-state index contributed by atoms with van der Waals surface area (Å²) >= 11 is 0. The van der Waals surface area contributed by atoms with Crippen molar-refractivity contribution in [3.8, 4) is 0 Å². The average molecular weight is 927 g/mol. The van der Waals surface area contributed by atoms with Crippen molar-refractivity contribution in [2.45, 2.75) is 203 Å². The molecular weight excluding hydrogens is 841 g/mol. The third-order valence-electron chi connectivity index (χ3n) is 19.4. The van der Waals surface area contributed by atoms with Crippen LogP contribution in [0.3, 0.4) is 0 Å². The molecule has 66 heavy (non-hydrogen) atoms. The first-order chi connectivity index (χ1) is 31.3. The first-order valence-electron chi connectivity index (χ1n) is 26.1. The van der Waals surface area contributed by atoms with Crippen molar-refractivity contribution < 1.29 is 50.4 Å². The van der Waals surface area contributed by atoms with Gasteiger partial charge in [-0.3, -0.25) is 4.79 Å². The molecule has 0 aromatic rings. The van der Waals surface area contributed by atoms with Crippen molar-refractivity contribution >= 4 is 5.78 Å². The molecule has 14 nitrogen and oxygen atoms in total. The summed E-state index contributed by atoms with van der Waals surface area (Å²) in [6.45, 7) is 8.20. The summed E-state index contributed by atoms with van der Waals surface area (Å²) in [5.41, 5.74) is 1.85. The van der Waals surface area contributed by atoms with Gasteiger partial charge in [0.1, 0.15) is 5.60 Å². The third kappa shape index (κ3) is 8.29. The number of carbonyl (C=O) groups is 1. The monoisotopic (exact) mass is 927 g/mol. The molecule has 14 heteroatoms. The minimum Gasteiger partial charge on any atom is -0.396 e. The Labute approximate surface area is 393 Å². The molecular formula is C52H86N4O10. The summed E-state index contributed by atoms with van der Waals surface area (Å²) in [6.07, 6.45) is 9.61. The van der Waals surface area contributed by atoms with Gasteiger partial charge in [0.25, 0.3) is 0 Å². The number of Topliss-reactive ketones (excluding diaryl/α,β-unsaturated/α-hetero) is 1. The van der Waals surface area contributed by atoms with E-state index < -0.39 is 75.9 Å². The van der Waals surface area contributed by atoms with Crippen LogP contribution in [0.4, 0.5) is 0 Å². The van der Waals surface area contributed by atoms with Crippen molar-refractivity contribution in [3.63, 3.8) is 0 Å². The molecule has 0 spiro atoms. The van der Waals surface area contributed by atoms with E-state index in [-0.39, 0.29) is 80.3 Å². The maximum absolute atomic E-state index is 15.5. The fourth-order valence-corrected chi connectivity index (χ4v) is 16.4. The van der Waals surface area contributed by atoms with Gasteiger partial charge in [-0.25, -0.2) is 0 Å². The number of ketones is 1. The molecule has 6 aliphatic carbocycles. The number of fused-ring (bicyclic) bond motifs is 8. The summed E-state index contributed by atoms with van der Waals surface area (Å²) in [6, 6.07) is 0. The molecule has 8 aliphatic rings. The molecule has 0 aromatic carbocycles. The number of carbonyl (C=O) groups excluding carboxylic acids is 1. The highest BCUT2D eigenvalue weighted by Crippen LogP contribution is 2.72. The molecule has 19 atom stereocenters. The average Bonchev–Trinajstić information content (AvgIpc) is 3.65. The van der Waals surface area contributed by atoms with Gasteiger partial charge in [-0.05, 0) is 176 Å². The minimum atomic E-state index is -1.79. The highest BCUT2D eigenvalue weighted by atomic mass is 16.5. The maximum Gasteiger partial charge on any atom is 0.182 e. The van der Waals surface area contributed by atoms with E-state index in [9.17, 15) is 40.9 Å². The lowest BCUT2D eigenvalue weighted by atomic mass is 9.41. The number of rotatable bonds is 15. The molecule has 6 fully saturated rings. The van der Waals surface area contributed by atoms with Crippen LogP contribution in [0, 0.1) is 52.3 Å². The van der Waals surface area contributed by atoms with E-state index in [2.05, 4.69) is 22.9 Å². The predicted molar refractivity (Wildman–Crippen MR) is 251 cm³/mol. The first-order valence-corrected chi connectivity index (χ1v) is 26.1. The lowest BCUT2D eigenvalue weighted by molar-refractivity contribution is -0.256. The molecule has 13 N–H and O–H groups in total. The Morgan fingerprint density at radius 3 is 2.50 bits per heavy atom. The first kappa shape index (κ1) is 50.4. The summed E-state index contributed by atoms with van der Waals surface area (Å²) in [5, 5.41) is 107. The second-order valence-corrected chi connectivity index (χ2v) is 23.1. The molecule has 0 bridgehead atoms. The number of aliphatic hydroxyl groups is 8. The zero-order chi connectivity index (χ0) is 47.6. The molecule has 0 aromatic heterocycles. The van der Waals surface area contributed by atoms with E-state index in [4.69, 9.17) is 10.5 Å². The normalized spacial score (nSPS) is 46.0. The van der Waals surface area contributed by atoms with Crippen molar-refractivity contribution in [2.75, 3.05) is 26.7 Å². The highest BCUT2D eigenvalue weighted by Gasteiger charge is 2.75. The number of nitrogens with two attached hydrogens (primary N) is 1. The minimum absolute atomic E-state index is 0.0194. The molecule has 19 unspecified atom stereocenters. The lowest BCUT2D eigenvalue weighted by Crippen LogP contribution is -2.70. The number of hydrogen-bond acceptors (Lipinski definition) is 14. The molecule has 2 heterocycles. The zero-order valence-electron chi connectivity index (χ0n) is 40.6. The zero-order valence-corrected chi connectivity index (χ0v) is 40.6. The lowest BCUT2D eigenvalue weighted by Gasteiger charge is -2.65. The maximum atomic E-state index is 15.5. The van der Waals surface area contributed by atoms with Gasteiger partial charge >= 0.3 is 0 Å². The summed E-state index contributed by atoms with van der Waals surface area (Å²) in [4.78, 5) is 15.5. The van der Waals surface area contributed by atoms with Crippen LogP contribution in [0.15, 0.2) is 34.7 Å². The molecule has 374 valence electrons. The number of ether oxygens (including phenoxy) is 1. The van der Waals surface area contributed by atoms with E-state index in [1.807, 2.05) is 26.1 Å². The van der Waals surface area contributed by atoms with Gasteiger partial charge in [0.15, 0.2) is 5.78 Å². The number of hydrogen-bond donors (Lipinski definition) is 12. The second kappa shape index (κ2) is 19.3. The summed E-state index contributed by atoms with van der Waals surface area (Å²) in [5.74, 6) is -1.95. The van der Waals surface area contributed by atoms with Crippen LogP contribution in [0.1, 0.15) is 143 Å². The SMILES string of the molecule is CCCC1CCC2OC3C(C(O)CCCC3(O)C(C)(O)C3CCC4(O)C5=C(NCC(C)O)C(=O)C6CC(O)C(O)CC6(CCC6=C(CCCO)NC(N)C=C6)C5C(CNC)CC34C)C2CC1. The topological polar surface area (TPSA) is 250 Å². The van der Waals surface area contributed by atoms with E-state index in [1.165, 1.54) is 6.42 Å². The molecule has 5 saturated carbocycles. The second-order valence-electron chi connectivity index (χ2n) is 23.1. The van der Waals surface area contributed by atoms with E-state index in [0.29, 0.717) is 69.4 Å². The van der Waals surface area contributed by atoms with Gasteiger partial charge in [-0.2, -0.15) is 0 Å². The van der Waals surface area contributed by atoms with Crippen LogP contribution < -0.4 is 21.7 Å². The number of nitrogens with one attached hydrogen (secondary N) is 3. The van der Waals surface area contributed by atoms with Gasteiger partial charge in [0, 0.05) is 36.1 Å².